The van der Waals surface area contributed by atoms with Crippen molar-refractivity contribution in [2.45, 2.75) is 33.6 Å². The van der Waals surface area contributed by atoms with Gasteiger partial charge in [0.15, 0.2) is 17.0 Å². The van der Waals surface area contributed by atoms with Crippen LogP contribution in [0.25, 0.3) is 22.0 Å². The van der Waals surface area contributed by atoms with E-state index in [4.69, 9.17) is 4.52 Å². The third kappa shape index (κ3) is 3.20. The molecule has 0 bridgehead atoms. The molecule has 0 radical (unpaired) electrons. The molecule has 0 aliphatic heterocycles. The van der Waals surface area contributed by atoms with E-state index in [9.17, 15) is 0 Å². The van der Waals surface area contributed by atoms with E-state index in [0.717, 1.165) is 52.0 Å². The van der Waals surface area contributed by atoms with Gasteiger partial charge in [-0.05, 0) is 42.5 Å². The number of nitrogens with zero attached hydrogens (tertiary/aromatic N) is 3. The molecule has 25 heavy (non-hydrogen) atoms. The maximum Gasteiger partial charge on any atom is 0.169 e. The smallest absolute Gasteiger partial charge is 0.169 e. The Balaban J connectivity index is 1.59. The molecule has 0 amide bonds. The number of aromatic nitrogens is 4. The lowest BCUT2D eigenvalue weighted by Gasteiger charge is -2.16. The molecule has 128 valence electrons. The topological polar surface area (TPSA) is 79.6 Å². The van der Waals surface area contributed by atoms with Crippen LogP contribution in [0.5, 0.6) is 0 Å². The highest BCUT2D eigenvalue weighted by molar-refractivity contribution is 5.90. The standard InChI is InChI=1S/C19H21N5O/c1-19(2,3)9-8-15-13-7-6-12(11-16(13)25-24-15)21-18-14-5-4-10-20-17(14)22-23-18/h4-7,10-11H,8-9H2,1-3H3,(H2,20,21,22,23). The Bertz CT molecular complexity index is 1030. The van der Waals surface area contributed by atoms with Crippen molar-refractivity contribution in [3.05, 3.63) is 42.2 Å². The molecule has 1 aromatic carbocycles. The summed E-state index contributed by atoms with van der Waals surface area (Å²) >= 11 is 0. The largest absolute Gasteiger partial charge is 0.356 e. The maximum atomic E-state index is 5.53. The van der Waals surface area contributed by atoms with Gasteiger partial charge in [0.1, 0.15) is 0 Å². The molecule has 0 saturated heterocycles. The second kappa shape index (κ2) is 5.88. The van der Waals surface area contributed by atoms with Crippen molar-refractivity contribution < 1.29 is 4.52 Å². The Morgan fingerprint density at radius 2 is 2.04 bits per heavy atom. The van der Waals surface area contributed by atoms with E-state index in [1.54, 1.807) is 6.20 Å². The lowest BCUT2D eigenvalue weighted by atomic mass is 9.89. The molecule has 2 N–H and O–H groups in total. The highest BCUT2D eigenvalue weighted by atomic mass is 16.5. The molecule has 0 saturated carbocycles. The van der Waals surface area contributed by atoms with E-state index < -0.39 is 0 Å². The van der Waals surface area contributed by atoms with E-state index in [-0.39, 0.29) is 5.41 Å². The summed E-state index contributed by atoms with van der Waals surface area (Å²) in [5.74, 6) is 0.745. The summed E-state index contributed by atoms with van der Waals surface area (Å²) in [6, 6.07) is 9.91. The van der Waals surface area contributed by atoms with Gasteiger partial charge in [0.25, 0.3) is 0 Å². The van der Waals surface area contributed by atoms with E-state index >= 15 is 0 Å². The number of aromatic amines is 1. The Morgan fingerprint density at radius 3 is 2.88 bits per heavy atom. The summed E-state index contributed by atoms with van der Waals surface area (Å²) < 4.78 is 5.53. The molecule has 0 aliphatic rings. The average Bonchev–Trinajstić information content (AvgIpc) is 3.17. The fourth-order valence-electron chi connectivity index (χ4n) is 2.83. The second-order valence-electron chi connectivity index (χ2n) is 7.50. The fraction of sp³-hybridized carbons (Fsp3) is 0.316. The number of hydrogen-bond acceptors (Lipinski definition) is 5. The van der Waals surface area contributed by atoms with Gasteiger partial charge in [0.05, 0.1) is 11.1 Å². The Morgan fingerprint density at radius 1 is 1.16 bits per heavy atom. The van der Waals surface area contributed by atoms with Crippen molar-refractivity contribution in [2.24, 2.45) is 5.41 Å². The molecule has 0 unspecified atom stereocenters. The minimum Gasteiger partial charge on any atom is -0.356 e. The number of fused-ring (bicyclic) bond motifs is 2. The van der Waals surface area contributed by atoms with Gasteiger partial charge in [-0.1, -0.05) is 25.9 Å². The van der Waals surface area contributed by atoms with E-state index in [1.165, 1.54) is 0 Å². The zero-order valence-electron chi connectivity index (χ0n) is 14.6. The Kier molecular flexibility index (Phi) is 3.67. The summed E-state index contributed by atoms with van der Waals surface area (Å²) in [7, 11) is 0. The van der Waals surface area contributed by atoms with Crippen LogP contribution in [0.2, 0.25) is 0 Å². The van der Waals surface area contributed by atoms with Gasteiger partial charge >= 0.3 is 0 Å². The highest BCUT2D eigenvalue weighted by Crippen LogP contribution is 2.29. The van der Waals surface area contributed by atoms with Gasteiger partial charge in [-0.25, -0.2) is 4.98 Å². The summed E-state index contributed by atoms with van der Waals surface area (Å²) in [5, 5.41) is 16.8. The van der Waals surface area contributed by atoms with E-state index in [2.05, 4.69) is 52.5 Å². The van der Waals surface area contributed by atoms with Crippen LogP contribution < -0.4 is 5.32 Å². The third-order valence-corrected chi connectivity index (χ3v) is 4.26. The molecule has 0 fully saturated rings. The number of benzene rings is 1. The van der Waals surface area contributed by atoms with Crippen LogP contribution in [-0.2, 0) is 6.42 Å². The second-order valence-corrected chi connectivity index (χ2v) is 7.50. The first-order valence-corrected chi connectivity index (χ1v) is 8.44. The number of anilines is 2. The third-order valence-electron chi connectivity index (χ3n) is 4.26. The number of aryl methyl sites for hydroxylation is 1. The highest BCUT2D eigenvalue weighted by Gasteiger charge is 2.15. The van der Waals surface area contributed by atoms with Crippen molar-refractivity contribution >= 4 is 33.5 Å². The molecule has 3 aromatic heterocycles. The summed E-state index contributed by atoms with van der Waals surface area (Å²) in [4.78, 5) is 4.25. The zero-order chi connectivity index (χ0) is 17.4. The quantitative estimate of drug-likeness (QED) is 0.559. The minimum absolute atomic E-state index is 0.280. The van der Waals surface area contributed by atoms with Crippen LogP contribution in [0.4, 0.5) is 11.5 Å². The van der Waals surface area contributed by atoms with Gasteiger partial charge in [-0.2, -0.15) is 5.10 Å². The molecule has 4 rings (SSSR count). The van der Waals surface area contributed by atoms with E-state index in [0.29, 0.717) is 0 Å². The molecule has 0 spiro atoms. The number of hydrogen-bond donors (Lipinski definition) is 2. The molecular formula is C19H21N5O. The number of rotatable bonds is 4. The number of H-pyrrole nitrogens is 1. The predicted octanol–water partition coefficient (Wildman–Crippen LogP) is 4.82. The predicted molar refractivity (Wildman–Crippen MR) is 99.0 cm³/mol. The molecular weight excluding hydrogens is 314 g/mol. The Labute approximate surface area is 145 Å². The Hall–Kier alpha value is -2.89. The summed E-state index contributed by atoms with van der Waals surface area (Å²) in [6.45, 7) is 6.71. The zero-order valence-corrected chi connectivity index (χ0v) is 14.6. The van der Waals surface area contributed by atoms with Crippen molar-refractivity contribution in [1.29, 1.82) is 0 Å². The van der Waals surface area contributed by atoms with Crippen LogP contribution >= 0.6 is 0 Å². The molecule has 0 aliphatic carbocycles. The van der Waals surface area contributed by atoms with Crippen LogP contribution in [0.1, 0.15) is 32.9 Å². The van der Waals surface area contributed by atoms with Gasteiger partial charge < -0.3 is 9.84 Å². The maximum absolute atomic E-state index is 5.53. The normalized spacial score (nSPS) is 12.1. The first-order chi connectivity index (χ1) is 12.0. The minimum atomic E-state index is 0.280. The van der Waals surface area contributed by atoms with Crippen molar-refractivity contribution in [3.8, 4) is 0 Å². The monoisotopic (exact) mass is 335 g/mol. The molecule has 0 atom stereocenters. The van der Waals surface area contributed by atoms with Crippen LogP contribution in [0, 0.1) is 5.41 Å². The fourth-order valence-corrected chi connectivity index (χ4v) is 2.83. The van der Waals surface area contributed by atoms with E-state index in [1.807, 2.05) is 24.3 Å². The number of nitrogens with one attached hydrogen (secondary N) is 2. The SMILES string of the molecule is CC(C)(C)CCc1noc2cc(Nc3n[nH]c4ncccc34)ccc12. The molecule has 6 heteroatoms. The molecule has 3 heterocycles. The number of pyridine rings is 1. The lowest BCUT2D eigenvalue weighted by molar-refractivity contribution is 0.369. The van der Waals surface area contributed by atoms with Crippen molar-refractivity contribution in [2.75, 3.05) is 5.32 Å². The van der Waals surface area contributed by atoms with Gasteiger partial charge in [-0.15, -0.1) is 0 Å². The summed E-state index contributed by atoms with van der Waals surface area (Å²) in [5.41, 5.74) is 3.75. The van der Waals surface area contributed by atoms with Gasteiger partial charge in [-0.3, -0.25) is 5.10 Å². The van der Waals surface area contributed by atoms with Crippen molar-refractivity contribution in [1.82, 2.24) is 20.3 Å². The molecule has 6 nitrogen and oxygen atoms in total. The van der Waals surface area contributed by atoms with Crippen LogP contribution in [-0.4, -0.2) is 20.3 Å². The average molecular weight is 335 g/mol. The lowest BCUT2D eigenvalue weighted by Crippen LogP contribution is -2.06. The summed E-state index contributed by atoms with van der Waals surface area (Å²) in [6.07, 6.45) is 3.73. The van der Waals surface area contributed by atoms with Gasteiger partial charge in [0.2, 0.25) is 0 Å². The van der Waals surface area contributed by atoms with Crippen LogP contribution in [0.15, 0.2) is 41.1 Å². The van der Waals surface area contributed by atoms with Gasteiger partial charge in [0, 0.05) is 23.3 Å². The van der Waals surface area contributed by atoms with Crippen LogP contribution in [0.3, 0.4) is 0 Å². The first kappa shape index (κ1) is 15.6. The van der Waals surface area contributed by atoms with Crippen molar-refractivity contribution in [3.63, 3.8) is 0 Å². The molecule has 4 aromatic rings. The first-order valence-electron chi connectivity index (χ1n) is 8.44.